The van der Waals surface area contributed by atoms with Crippen molar-refractivity contribution in [2.45, 2.75) is 32.2 Å². The van der Waals surface area contributed by atoms with Crippen LogP contribution in [0.15, 0.2) is 28.9 Å². The highest BCUT2D eigenvalue weighted by atomic mass is 16.4. The molecule has 2 aromatic rings. The molecular weight excluding hydrogens is 284 g/mol. The summed E-state index contributed by atoms with van der Waals surface area (Å²) < 4.78 is 5.40. The van der Waals surface area contributed by atoms with Gasteiger partial charge in [-0.05, 0) is 38.0 Å². The lowest BCUT2D eigenvalue weighted by Crippen LogP contribution is -2.31. The number of aryl methyl sites for hydroxylation is 2. The van der Waals surface area contributed by atoms with Gasteiger partial charge in [0.05, 0.1) is 23.6 Å². The van der Waals surface area contributed by atoms with Crippen molar-refractivity contribution in [1.82, 2.24) is 10.3 Å². The summed E-state index contributed by atoms with van der Waals surface area (Å²) in [6, 6.07) is 4.64. The normalized spacial score (nSPS) is 16.9. The molecule has 0 bridgehead atoms. The molecular formula is C16H16N2O4. The summed E-state index contributed by atoms with van der Waals surface area (Å²) in [6.07, 6.45) is 4.33. The number of aromatic nitrogens is 1. The Morgan fingerprint density at radius 1 is 1.36 bits per heavy atom. The summed E-state index contributed by atoms with van der Waals surface area (Å²) in [5, 5.41) is 11.9. The maximum atomic E-state index is 12.3. The lowest BCUT2D eigenvalue weighted by molar-refractivity contribution is 0.0694. The highest BCUT2D eigenvalue weighted by Gasteiger charge is 2.25. The Morgan fingerprint density at radius 3 is 2.91 bits per heavy atom. The lowest BCUT2D eigenvalue weighted by Gasteiger charge is -2.22. The predicted molar refractivity (Wildman–Crippen MR) is 77.8 cm³/mol. The molecule has 0 fully saturated rings. The van der Waals surface area contributed by atoms with Crippen LogP contribution >= 0.6 is 0 Å². The Labute approximate surface area is 127 Å². The summed E-state index contributed by atoms with van der Waals surface area (Å²) in [7, 11) is 0. The van der Waals surface area contributed by atoms with E-state index in [0.717, 1.165) is 30.6 Å². The van der Waals surface area contributed by atoms with E-state index >= 15 is 0 Å². The van der Waals surface area contributed by atoms with Gasteiger partial charge in [0.25, 0.3) is 5.91 Å². The van der Waals surface area contributed by atoms with Crippen molar-refractivity contribution in [1.29, 1.82) is 0 Å². The zero-order chi connectivity index (χ0) is 15.7. The second-order valence-corrected chi connectivity index (χ2v) is 5.35. The van der Waals surface area contributed by atoms with Crippen molar-refractivity contribution in [3.63, 3.8) is 0 Å². The second-order valence-electron chi connectivity index (χ2n) is 5.35. The van der Waals surface area contributed by atoms with Crippen molar-refractivity contribution in [2.75, 3.05) is 0 Å². The fourth-order valence-electron chi connectivity index (χ4n) is 2.78. The summed E-state index contributed by atoms with van der Waals surface area (Å²) in [6.45, 7) is 1.58. The van der Waals surface area contributed by atoms with Gasteiger partial charge in [0.1, 0.15) is 11.5 Å². The number of amides is 1. The van der Waals surface area contributed by atoms with Crippen LogP contribution < -0.4 is 5.32 Å². The Balaban J connectivity index is 1.79. The minimum atomic E-state index is -1.05. The van der Waals surface area contributed by atoms with Crippen molar-refractivity contribution >= 4 is 11.9 Å². The largest absolute Gasteiger partial charge is 0.478 e. The van der Waals surface area contributed by atoms with Crippen molar-refractivity contribution < 1.29 is 19.1 Å². The van der Waals surface area contributed by atoms with E-state index in [-0.39, 0.29) is 23.2 Å². The third-order valence-corrected chi connectivity index (χ3v) is 3.91. The van der Waals surface area contributed by atoms with Gasteiger partial charge in [0.15, 0.2) is 0 Å². The van der Waals surface area contributed by atoms with Gasteiger partial charge in [-0.2, -0.15) is 0 Å². The molecule has 0 aliphatic heterocycles. The fraction of sp³-hybridized carbons (Fsp3) is 0.312. The molecule has 0 radical (unpaired) electrons. The van der Waals surface area contributed by atoms with Crippen LogP contribution in [-0.2, 0) is 6.42 Å². The van der Waals surface area contributed by atoms with Crippen LogP contribution in [0.2, 0.25) is 0 Å². The van der Waals surface area contributed by atoms with E-state index in [1.54, 1.807) is 13.2 Å². The summed E-state index contributed by atoms with van der Waals surface area (Å²) >= 11 is 0. The molecule has 1 aliphatic rings. The van der Waals surface area contributed by atoms with Gasteiger partial charge >= 0.3 is 5.97 Å². The van der Waals surface area contributed by atoms with Crippen LogP contribution in [0.1, 0.15) is 56.7 Å². The topological polar surface area (TPSA) is 92.4 Å². The van der Waals surface area contributed by atoms with Gasteiger partial charge in [-0.1, -0.05) is 0 Å². The molecule has 1 atom stereocenters. The van der Waals surface area contributed by atoms with E-state index in [0.29, 0.717) is 5.69 Å². The van der Waals surface area contributed by atoms with Gasteiger partial charge in [-0.15, -0.1) is 0 Å². The number of hydrogen-bond acceptors (Lipinski definition) is 4. The quantitative estimate of drug-likeness (QED) is 0.908. The standard InChI is InChI=1S/C16H16N2O4/c1-9-10(16(20)21)5-6-13(17-9)15(19)18-12-3-2-4-14-11(12)7-8-22-14/h5-8,12H,2-4H2,1H3,(H,18,19)(H,20,21). The molecule has 0 saturated heterocycles. The molecule has 114 valence electrons. The number of carbonyl (C=O) groups is 2. The summed E-state index contributed by atoms with van der Waals surface area (Å²) in [4.78, 5) is 27.4. The van der Waals surface area contributed by atoms with Crippen molar-refractivity contribution in [2.24, 2.45) is 0 Å². The number of carboxylic acid groups (broad SMARTS) is 1. The van der Waals surface area contributed by atoms with Gasteiger partial charge in [0, 0.05) is 12.0 Å². The van der Waals surface area contributed by atoms with Crippen LogP contribution in [0.3, 0.4) is 0 Å². The summed E-state index contributed by atoms with van der Waals surface area (Å²) in [5.74, 6) is -0.437. The van der Waals surface area contributed by atoms with E-state index in [1.165, 1.54) is 12.1 Å². The van der Waals surface area contributed by atoms with Crippen LogP contribution in [0.5, 0.6) is 0 Å². The minimum Gasteiger partial charge on any atom is -0.478 e. The van der Waals surface area contributed by atoms with Crippen LogP contribution in [0, 0.1) is 6.92 Å². The number of furan rings is 1. The maximum absolute atomic E-state index is 12.3. The molecule has 6 nitrogen and oxygen atoms in total. The van der Waals surface area contributed by atoms with Gasteiger partial charge < -0.3 is 14.8 Å². The Bertz CT molecular complexity index is 735. The Hall–Kier alpha value is -2.63. The van der Waals surface area contributed by atoms with Gasteiger partial charge in [-0.3, -0.25) is 4.79 Å². The number of aromatic carboxylic acids is 1. The molecule has 6 heteroatoms. The first-order valence-electron chi connectivity index (χ1n) is 7.14. The molecule has 2 heterocycles. The molecule has 3 rings (SSSR count). The molecule has 2 N–H and O–H groups in total. The Kier molecular flexibility index (Phi) is 3.66. The molecule has 0 saturated carbocycles. The van der Waals surface area contributed by atoms with Gasteiger partial charge in [-0.25, -0.2) is 9.78 Å². The molecule has 0 aromatic carbocycles. The van der Waals surface area contributed by atoms with Gasteiger partial charge in [0.2, 0.25) is 0 Å². The first-order valence-corrected chi connectivity index (χ1v) is 7.14. The monoisotopic (exact) mass is 300 g/mol. The number of carboxylic acids is 1. The number of pyridine rings is 1. The first kappa shape index (κ1) is 14.3. The average molecular weight is 300 g/mol. The number of nitrogens with zero attached hydrogens (tertiary/aromatic N) is 1. The fourth-order valence-corrected chi connectivity index (χ4v) is 2.78. The SMILES string of the molecule is Cc1nc(C(=O)NC2CCCc3occc32)ccc1C(=O)O. The minimum absolute atomic E-state index is 0.0868. The van der Waals surface area contributed by atoms with E-state index < -0.39 is 5.97 Å². The molecule has 1 amide bonds. The third kappa shape index (κ3) is 2.59. The maximum Gasteiger partial charge on any atom is 0.337 e. The number of hydrogen-bond donors (Lipinski definition) is 2. The third-order valence-electron chi connectivity index (χ3n) is 3.91. The molecule has 2 aromatic heterocycles. The molecule has 22 heavy (non-hydrogen) atoms. The summed E-state index contributed by atoms with van der Waals surface area (Å²) in [5.41, 5.74) is 1.66. The second kappa shape index (κ2) is 5.63. The van der Waals surface area contributed by atoms with E-state index in [2.05, 4.69) is 10.3 Å². The number of rotatable bonds is 3. The van der Waals surface area contributed by atoms with E-state index in [9.17, 15) is 9.59 Å². The van der Waals surface area contributed by atoms with Crippen molar-refractivity contribution in [3.8, 4) is 0 Å². The first-order chi connectivity index (χ1) is 10.6. The predicted octanol–water partition coefficient (Wildman–Crippen LogP) is 2.49. The molecule has 1 aliphatic carbocycles. The Morgan fingerprint density at radius 2 is 2.18 bits per heavy atom. The lowest BCUT2D eigenvalue weighted by atomic mass is 9.93. The highest BCUT2D eigenvalue weighted by Crippen LogP contribution is 2.30. The van der Waals surface area contributed by atoms with Crippen LogP contribution in [0.25, 0.3) is 0 Å². The number of nitrogens with one attached hydrogen (secondary N) is 1. The zero-order valence-electron chi connectivity index (χ0n) is 12.1. The van der Waals surface area contributed by atoms with E-state index in [1.807, 2.05) is 6.07 Å². The number of carbonyl (C=O) groups excluding carboxylic acids is 1. The van der Waals surface area contributed by atoms with Crippen LogP contribution in [-0.4, -0.2) is 22.0 Å². The number of fused-ring (bicyclic) bond motifs is 1. The van der Waals surface area contributed by atoms with E-state index in [4.69, 9.17) is 9.52 Å². The van der Waals surface area contributed by atoms with Crippen LogP contribution in [0.4, 0.5) is 0 Å². The average Bonchev–Trinajstić information content (AvgIpc) is 2.96. The molecule has 1 unspecified atom stereocenters. The smallest absolute Gasteiger partial charge is 0.337 e. The zero-order valence-corrected chi connectivity index (χ0v) is 12.1. The highest BCUT2D eigenvalue weighted by molar-refractivity contribution is 5.94. The molecule has 0 spiro atoms. The van der Waals surface area contributed by atoms with Crippen molar-refractivity contribution in [3.05, 3.63) is 52.7 Å².